The standard InChI is InChI=1S/C16H16BrN3O2/c1-2-7-19-15(21)11-8-12(10-18-9-11)16(22)20-14-6-4-3-5-13(14)17/h3-6,8-10H,2,7H2,1H3,(H,19,21)(H,20,22). The summed E-state index contributed by atoms with van der Waals surface area (Å²) in [7, 11) is 0. The number of rotatable bonds is 5. The minimum Gasteiger partial charge on any atom is -0.352 e. The van der Waals surface area contributed by atoms with Crippen molar-refractivity contribution in [3.63, 3.8) is 0 Å². The van der Waals surface area contributed by atoms with E-state index in [1.54, 1.807) is 6.07 Å². The highest BCUT2D eigenvalue weighted by molar-refractivity contribution is 9.10. The summed E-state index contributed by atoms with van der Waals surface area (Å²) >= 11 is 3.37. The molecule has 2 rings (SSSR count). The van der Waals surface area contributed by atoms with Gasteiger partial charge in [-0.2, -0.15) is 0 Å². The molecule has 1 aromatic heterocycles. The summed E-state index contributed by atoms with van der Waals surface area (Å²) in [5, 5.41) is 5.53. The molecule has 2 N–H and O–H groups in total. The van der Waals surface area contributed by atoms with Crippen LogP contribution in [0.15, 0.2) is 47.2 Å². The molecule has 2 amide bonds. The summed E-state index contributed by atoms with van der Waals surface area (Å²) in [6.07, 6.45) is 3.73. The highest BCUT2D eigenvalue weighted by atomic mass is 79.9. The number of nitrogens with one attached hydrogen (secondary N) is 2. The van der Waals surface area contributed by atoms with Gasteiger partial charge >= 0.3 is 0 Å². The molecule has 0 fully saturated rings. The van der Waals surface area contributed by atoms with Gasteiger partial charge in [-0.1, -0.05) is 19.1 Å². The van der Waals surface area contributed by atoms with Gasteiger partial charge in [0.25, 0.3) is 11.8 Å². The van der Waals surface area contributed by atoms with Crippen molar-refractivity contribution in [3.05, 3.63) is 58.3 Å². The van der Waals surface area contributed by atoms with Crippen LogP contribution in [-0.2, 0) is 0 Å². The zero-order valence-electron chi connectivity index (χ0n) is 12.1. The number of hydrogen-bond acceptors (Lipinski definition) is 3. The minimum absolute atomic E-state index is 0.232. The number of amides is 2. The molecule has 0 saturated carbocycles. The number of nitrogens with zero attached hydrogens (tertiary/aromatic N) is 1. The Balaban J connectivity index is 2.13. The molecule has 0 aliphatic carbocycles. The van der Waals surface area contributed by atoms with Crippen molar-refractivity contribution in [1.82, 2.24) is 10.3 Å². The number of benzene rings is 1. The van der Waals surface area contributed by atoms with E-state index in [0.717, 1.165) is 10.9 Å². The summed E-state index contributed by atoms with van der Waals surface area (Å²) in [6.45, 7) is 2.56. The third-order valence-electron chi connectivity index (χ3n) is 2.92. The molecule has 0 saturated heterocycles. The molecule has 0 atom stereocenters. The topological polar surface area (TPSA) is 71.1 Å². The fourth-order valence-electron chi connectivity index (χ4n) is 1.79. The quantitative estimate of drug-likeness (QED) is 0.858. The first-order valence-electron chi connectivity index (χ1n) is 6.91. The lowest BCUT2D eigenvalue weighted by atomic mass is 10.2. The van der Waals surface area contributed by atoms with Crippen LogP contribution in [0.25, 0.3) is 0 Å². The van der Waals surface area contributed by atoms with Crippen LogP contribution in [-0.4, -0.2) is 23.3 Å². The summed E-state index contributed by atoms with van der Waals surface area (Å²) in [5.41, 5.74) is 1.36. The number of hydrogen-bond donors (Lipinski definition) is 2. The number of halogens is 1. The van der Waals surface area contributed by atoms with Crippen LogP contribution in [0.2, 0.25) is 0 Å². The highest BCUT2D eigenvalue weighted by Gasteiger charge is 2.12. The number of para-hydroxylation sites is 1. The second-order valence-electron chi connectivity index (χ2n) is 4.65. The minimum atomic E-state index is -0.315. The molecule has 5 nitrogen and oxygen atoms in total. The second-order valence-corrected chi connectivity index (χ2v) is 5.51. The van der Waals surface area contributed by atoms with Gasteiger partial charge in [0.1, 0.15) is 0 Å². The SMILES string of the molecule is CCCNC(=O)c1cncc(C(=O)Nc2ccccc2Br)c1. The molecule has 6 heteroatoms. The van der Waals surface area contributed by atoms with Crippen molar-refractivity contribution in [2.24, 2.45) is 0 Å². The van der Waals surface area contributed by atoms with E-state index in [1.807, 2.05) is 25.1 Å². The number of carbonyl (C=O) groups excluding carboxylic acids is 2. The average molecular weight is 362 g/mol. The molecular formula is C16H16BrN3O2. The van der Waals surface area contributed by atoms with E-state index in [2.05, 4.69) is 31.5 Å². The summed E-state index contributed by atoms with van der Waals surface area (Å²) in [4.78, 5) is 28.1. The molecule has 0 unspecified atom stereocenters. The van der Waals surface area contributed by atoms with Gasteiger partial charge in [-0.15, -0.1) is 0 Å². The van der Waals surface area contributed by atoms with Gasteiger partial charge in [0.05, 0.1) is 16.8 Å². The van der Waals surface area contributed by atoms with Crippen LogP contribution in [0.3, 0.4) is 0 Å². The van der Waals surface area contributed by atoms with Gasteiger partial charge in [-0.05, 0) is 40.5 Å². The highest BCUT2D eigenvalue weighted by Crippen LogP contribution is 2.21. The maximum Gasteiger partial charge on any atom is 0.257 e. The Bertz CT molecular complexity index is 689. The molecule has 1 heterocycles. The molecule has 0 aliphatic rings. The van der Waals surface area contributed by atoms with E-state index in [1.165, 1.54) is 18.5 Å². The Kier molecular flexibility index (Phi) is 5.66. The van der Waals surface area contributed by atoms with Crippen molar-refractivity contribution in [3.8, 4) is 0 Å². The number of carbonyl (C=O) groups is 2. The summed E-state index contributed by atoms with van der Waals surface area (Å²) in [6, 6.07) is 8.84. The maximum atomic E-state index is 12.3. The normalized spacial score (nSPS) is 10.1. The molecule has 0 radical (unpaired) electrons. The fourth-order valence-corrected chi connectivity index (χ4v) is 2.17. The van der Waals surface area contributed by atoms with Gasteiger partial charge in [0.15, 0.2) is 0 Å². The Morgan fingerprint density at radius 3 is 2.50 bits per heavy atom. The molecule has 0 spiro atoms. The van der Waals surface area contributed by atoms with Gasteiger partial charge < -0.3 is 10.6 Å². The fraction of sp³-hybridized carbons (Fsp3) is 0.188. The third-order valence-corrected chi connectivity index (χ3v) is 3.61. The van der Waals surface area contributed by atoms with E-state index in [0.29, 0.717) is 23.4 Å². The van der Waals surface area contributed by atoms with E-state index < -0.39 is 0 Å². The van der Waals surface area contributed by atoms with Gasteiger partial charge in [-0.25, -0.2) is 0 Å². The van der Waals surface area contributed by atoms with Crippen LogP contribution >= 0.6 is 15.9 Å². The Morgan fingerprint density at radius 1 is 1.14 bits per heavy atom. The molecule has 2 aromatic rings. The summed E-state index contributed by atoms with van der Waals surface area (Å²) in [5.74, 6) is -0.547. The Hall–Kier alpha value is -2.21. The number of anilines is 1. The third kappa shape index (κ3) is 4.14. The molecule has 0 bridgehead atoms. The van der Waals surface area contributed by atoms with Crippen LogP contribution in [0.4, 0.5) is 5.69 Å². The van der Waals surface area contributed by atoms with Crippen molar-refractivity contribution in [2.75, 3.05) is 11.9 Å². The maximum absolute atomic E-state index is 12.3. The van der Waals surface area contributed by atoms with Gasteiger partial charge in [0, 0.05) is 23.4 Å². The lowest BCUT2D eigenvalue weighted by Gasteiger charge is -2.08. The molecular weight excluding hydrogens is 346 g/mol. The number of pyridine rings is 1. The van der Waals surface area contributed by atoms with Crippen LogP contribution in [0, 0.1) is 0 Å². The predicted octanol–water partition coefficient (Wildman–Crippen LogP) is 3.24. The average Bonchev–Trinajstić information content (AvgIpc) is 2.54. The largest absolute Gasteiger partial charge is 0.352 e. The van der Waals surface area contributed by atoms with E-state index in [-0.39, 0.29) is 11.8 Å². The first-order chi connectivity index (χ1) is 10.6. The molecule has 22 heavy (non-hydrogen) atoms. The van der Waals surface area contributed by atoms with Crippen LogP contribution < -0.4 is 10.6 Å². The lowest BCUT2D eigenvalue weighted by molar-refractivity contribution is 0.0953. The number of aromatic nitrogens is 1. The van der Waals surface area contributed by atoms with E-state index >= 15 is 0 Å². The van der Waals surface area contributed by atoms with Gasteiger partial charge in [0.2, 0.25) is 0 Å². The molecule has 114 valence electrons. The van der Waals surface area contributed by atoms with E-state index in [4.69, 9.17) is 0 Å². The first kappa shape index (κ1) is 16.2. The Labute approximate surface area is 137 Å². The molecule has 0 aliphatic heterocycles. The van der Waals surface area contributed by atoms with Crippen LogP contribution in [0.5, 0.6) is 0 Å². The zero-order valence-corrected chi connectivity index (χ0v) is 13.7. The first-order valence-corrected chi connectivity index (χ1v) is 7.70. The predicted molar refractivity (Wildman–Crippen MR) is 89.0 cm³/mol. The summed E-state index contributed by atoms with van der Waals surface area (Å²) < 4.78 is 0.785. The smallest absolute Gasteiger partial charge is 0.257 e. The van der Waals surface area contributed by atoms with Crippen molar-refractivity contribution in [2.45, 2.75) is 13.3 Å². The monoisotopic (exact) mass is 361 g/mol. The lowest BCUT2D eigenvalue weighted by Crippen LogP contribution is -2.24. The van der Waals surface area contributed by atoms with Gasteiger partial charge in [-0.3, -0.25) is 14.6 Å². The second kappa shape index (κ2) is 7.70. The van der Waals surface area contributed by atoms with Crippen LogP contribution in [0.1, 0.15) is 34.1 Å². The van der Waals surface area contributed by atoms with Crippen molar-refractivity contribution < 1.29 is 9.59 Å². The van der Waals surface area contributed by atoms with Crippen molar-refractivity contribution >= 4 is 33.4 Å². The zero-order chi connectivity index (χ0) is 15.9. The van der Waals surface area contributed by atoms with Crippen molar-refractivity contribution in [1.29, 1.82) is 0 Å². The Morgan fingerprint density at radius 2 is 1.82 bits per heavy atom. The van der Waals surface area contributed by atoms with E-state index in [9.17, 15) is 9.59 Å². The molecule has 1 aromatic carbocycles.